The number of allylic oxidation sites excluding steroid dienone is 4. The Hall–Kier alpha value is -3.06. The Balaban J connectivity index is 0.000000299. The summed E-state index contributed by atoms with van der Waals surface area (Å²) < 4.78 is 0. The third kappa shape index (κ3) is 5.46. The lowest BCUT2D eigenvalue weighted by atomic mass is 10.0. The summed E-state index contributed by atoms with van der Waals surface area (Å²) in [5.41, 5.74) is 6.19. The van der Waals surface area contributed by atoms with Crippen molar-refractivity contribution in [1.29, 1.82) is 0 Å². The van der Waals surface area contributed by atoms with Crippen molar-refractivity contribution in [3.8, 4) is 11.1 Å². The summed E-state index contributed by atoms with van der Waals surface area (Å²) in [7, 11) is 2.09. The van der Waals surface area contributed by atoms with Crippen molar-refractivity contribution in [1.82, 2.24) is 0 Å². The molecule has 1 aliphatic carbocycles. The second kappa shape index (κ2) is 9.59. The summed E-state index contributed by atoms with van der Waals surface area (Å²) in [4.78, 5) is 2.19. The number of para-hydroxylation sites is 1. The summed E-state index contributed by atoms with van der Waals surface area (Å²) in [5.74, 6) is 0. The molecule has 1 aliphatic rings. The summed E-state index contributed by atoms with van der Waals surface area (Å²) in [6.45, 7) is 2.11. The van der Waals surface area contributed by atoms with Crippen molar-refractivity contribution in [2.24, 2.45) is 0 Å². The van der Waals surface area contributed by atoms with Crippen molar-refractivity contribution in [3.05, 3.63) is 109 Å². The van der Waals surface area contributed by atoms with Crippen molar-refractivity contribution >= 4 is 11.4 Å². The standard InChI is InChI=1S/C20H19N.C6H8/c1-16-8-10-17(11-9-16)18-12-14-20(15-13-18)21(2)19-6-4-3-5-7-19;1-2-4-6-5-3-1/h3-15H,1-2H3;1-4H,5-6H2. The van der Waals surface area contributed by atoms with E-state index in [1.807, 2.05) is 6.07 Å². The van der Waals surface area contributed by atoms with Gasteiger partial charge in [-0.3, -0.25) is 0 Å². The fourth-order valence-electron chi connectivity index (χ4n) is 2.97. The van der Waals surface area contributed by atoms with Gasteiger partial charge in [-0.2, -0.15) is 0 Å². The molecular weight excluding hydrogens is 326 g/mol. The second-order valence-corrected chi connectivity index (χ2v) is 6.74. The molecule has 0 spiro atoms. The average molecular weight is 354 g/mol. The number of benzene rings is 3. The number of hydrogen-bond donors (Lipinski definition) is 0. The van der Waals surface area contributed by atoms with Gasteiger partial charge < -0.3 is 4.90 Å². The molecule has 0 radical (unpaired) electrons. The maximum absolute atomic E-state index is 2.19. The highest BCUT2D eigenvalue weighted by atomic mass is 15.1. The molecule has 0 amide bonds. The number of aryl methyl sites for hydroxylation is 1. The fourth-order valence-corrected chi connectivity index (χ4v) is 2.97. The van der Waals surface area contributed by atoms with Crippen LogP contribution in [0, 0.1) is 6.92 Å². The lowest BCUT2D eigenvalue weighted by molar-refractivity contribution is 1.04. The van der Waals surface area contributed by atoms with E-state index in [-0.39, 0.29) is 0 Å². The molecule has 4 rings (SSSR count). The first-order valence-electron chi connectivity index (χ1n) is 9.51. The molecule has 3 aromatic rings. The van der Waals surface area contributed by atoms with Gasteiger partial charge in [0.1, 0.15) is 0 Å². The molecule has 0 heterocycles. The molecule has 0 fully saturated rings. The smallest absolute Gasteiger partial charge is 0.0408 e. The van der Waals surface area contributed by atoms with Crippen LogP contribution < -0.4 is 4.90 Å². The number of hydrogen-bond acceptors (Lipinski definition) is 1. The molecule has 0 bridgehead atoms. The third-order valence-corrected chi connectivity index (χ3v) is 4.67. The first-order chi connectivity index (χ1) is 13.2. The van der Waals surface area contributed by atoms with E-state index in [1.54, 1.807) is 0 Å². The predicted octanol–water partition coefficient (Wildman–Crippen LogP) is 7.32. The SMILES string of the molecule is C1=CCCC=C1.Cc1ccc(-c2ccc(N(C)c3ccccc3)cc2)cc1. The zero-order valence-corrected chi connectivity index (χ0v) is 16.2. The molecule has 0 saturated carbocycles. The Morgan fingerprint density at radius 3 is 1.56 bits per heavy atom. The van der Waals surface area contributed by atoms with Crippen LogP contribution in [0.15, 0.2) is 103 Å². The molecule has 136 valence electrons. The summed E-state index contributed by atoms with van der Waals surface area (Å²) in [6, 6.07) is 27.7. The highest BCUT2D eigenvalue weighted by Gasteiger charge is 2.04. The van der Waals surface area contributed by atoms with Gasteiger partial charge in [0.25, 0.3) is 0 Å². The highest BCUT2D eigenvalue weighted by molar-refractivity contribution is 5.69. The first kappa shape index (κ1) is 18.7. The van der Waals surface area contributed by atoms with Gasteiger partial charge in [-0.05, 0) is 55.2 Å². The topological polar surface area (TPSA) is 3.24 Å². The molecule has 0 aliphatic heterocycles. The lowest BCUT2D eigenvalue weighted by Crippen LogP contribution is -2.08. The van der Waals surface area contributed by atoms with Crippen LogP contribution in [0.25, 0.3) is 11.1 Å². The van der Waals surface area contributed by atoms with Gasteiger partial charge in [0.15, 0.2) is 0 Å². The van der Waals surface area contributed by atoms with Crippen molar-refractivity contribution in [2.75, 3.05) is 11.9 Å². The van der Waals surface area contributed by atoms with E-state index in [0.717, 1.165) is 0 Å². The van der Waals surface area contributed by atoms with E-state index >= 15 is 0 Å². The third-order valence-electron chi connectivity index (χ3n) is 4.67. The highest BCUT2D eigenvalue weighted by Crippen LogP contribution is 2.27. The van der Waals surface area contributed by atoms with E-state index in [4.69, 9.17) is 0 Å². The Bertz CT molecular complexity index is 860. The van der Waals surface area contributed by atoms with E-state index in [0.29, 0.717) is 0 Å². The molecule has 0 aromatic heterocycles. The van der Waals surface area contributed by atoms with E-state index < -0.39 is 0 Å². The Kier molecular flexibility index (Phi) is 6.65. The van der Waals surface area contributed by atoms with Crippen molar-refractivity contribution in [3.63, 3.8) is 0 Å². The van der Waals surface area contributed by atoms with Gasteiger partial charge in [0, 0.05) is 18.4 Å². The molecule has 3 aromatic carbocycles. The average Bonchev–Trinajstić information content (AvgIpc) is 2.76. The minimum atomic E-state index is 1.19. The largest absolute Gasteiger partial charge is 0.345 e. The minimum absolute atomic E-state index is 1.19. The van der Waals surface area contributed by atoms with Gasteiger partial charge in [0.05, 0.1) is 0 Å². The van der Waals surface area contributed by atoms with Crippen LogP contribution in [0.4, 0.5) is 11.4 Å². The summed E-state index contributed by atoms with van der Waals surface area (Å²) in [5, 5.41) is 0. The normalized spacial score (nSPS) is 12.2. The van der Waals surface area contributed by atoms with E-state index in [9.17, 15) is 0 Å². The van der Waals surface area contributed by atoms with Crippen LogP contribution in [0.2, 0.25) is 0 Å². The lowest BCUT2D eigenvalue weighted by Gasteiger charge is -2.19. The first-order valence-corrected chi connectivity index (χ1v) is 9.51. The van der Waals surface area contributed by atoms with Crippen LogP contribution in [0.5, 0.6) is 0 Å². The monoisotopic (exact) mass is 353 g/mol. The van der Waals surface area contributed by atoms with Crippen LogP contribution in [-0.4, -0.2) is 7.05 Å². The molecule has 0 saturated heterocycles. The number of nitrogens with zero attached hydrogens (tertiary/aromatic N) is 1. The molecule has 27 heavy (non-hydrogen) atoms. The minimum Gasteiger partial charge on any atom is -0.345 e. The number of rotatable bonds is 3. The zero-order valence-electron chi connectivity index (χ0n) is 16.2. The fraction of sp³-hybridized carbons (Fsp3) is 0.154. The molecule has 0 N–H and O–H groups in total. The van der Waals surface area contributed by atoms with Gasteiger partial charge >= 0.3 is 0 Å². The van der Waals surface area contributed by atoms with Crippen molar-refractivity contribution in [2.45, 2.75) is 19.8 Å². The summed E-state index contributed by atoms with van der Waals surface area (Å²) >= 11 is 0. The van der Waals surface area contributed by atoms with Crippen LogP contribution in [0.3, 0.4) is 0 Å². The molecule has 1 heteroatoms. The quantitative estimate of drug-likeness (QED) is 0.476. The van der Waals surface area contributed by atoms with Crippen LogP contribution in [0.1, 0.15) is 18.4 Å². The van der Waals surface area contributed by atoms with Gasteiger partial charge in [-0.15, -0.1) is 0 Å². The number of anilines is 2. The maximum Gasteiger partial charge on any atom is 0.0408 e. The second-order valence-electron chi connectivity index (χ2n) is 6.74. The Morgan fingerprint density at radius 1 is 0.593 bits per heavy atom. The van der Waals surface area contributed by atoms with E-state index in [2.05, 4.69) is 116 Å². The molecule has 0 unspecified atom stereocenters. The summed E-state index contributed by atoms with van der Waals surface area (Å²) in [6.07, 6.45) is 11.0. The molecular formula is C26H27N. The zero-order chi connectivity index (χ0) is 18.9. The predicted molar refractivity (Wildman–Crippen MR) is 119 cm³/mol. The van der Waals surface area contributed by atoms with Crippen LogP contribution in [-0.2, 0) is 0 Å². The molecule has 1 nitrogen and oxygen atoms in total. The van der Waals surface area contributed by atoms with Gasteiger partial charge in [-0.25, -0.2) is 0 Å². The van der Waals surface area contributed by atoms with Crippen molar-refractivity contribution < 1.29 is 0 Å². The maximum atomic E-state index is 2.19. The Labute approximate surface area is 163 Å². The van der Waals surface area contributed by atoms with Crippen LogP contribution >= 0.6 is 0 Å². The van der Waals surface area contributed by atoms with Gasteiger partial charge in [0.2, 0.25) is 0 Å². The Morgan fingerprint density at radius 2 is 1.07 bits per heavy atom. The van der Waals surface area contributed by atoms with Gasteiger partial charge in [-0.1, -0.05) is 84.5 Å². The van der Waals surface area contributed by atoms with E-state index in [1.165, 1.54) is 40.9 Å². The molecule has 0 atom stereocenters.